The SMILES string of the molecule is CC(C)(C)[NH-].[C-]1=CC=CC1.[Cl-].[Cl-].[Ti+2]=[C](c1ccccc1)c1ccccc1. The van der Waals surface area contributed by atoms with Crippen molar-refractivity contribution in [1.29, 1.82) is 0 Å². The molecule has 1 nitrogen and oxygen atoms in total. The fraction of sp³-hybridized carbons (Fsp3) is 0.227. The third-order valence-corrected chi connectivity index (χ3v) is 3.61. The Labute approximate surface area is 182 Å². The van der Waals surface area contributed by atoms with Gasteiger partial charge in [-0.2, -0.15) is 6.08 Å². The quantitative estimate of drug-likeness (QED) is 0.479. The van der Waals surface area contributed by atoms with Gasteiger partial charge < -0.3 is 30.5 Å². The number of hydrogen-bond donors (Lipinski definition) is 0. The average molecular weight is 422 g/mol. The van der Waals surface area contributed by atoms with E-state index in [1.54, 1.807) is 0 Å². The maximum atomic E-state index is 6.94. The molecule has 2 aromatic rings. The molecule has 2 aromatic carbocycles. The van der Waals surface area contributed by atoms with Crippen LogP contribution in [0.2, 0.25) is 0 Å². The summed E-state index contributed by atoms with van der Waals surface area (Å²) in [5.41, 5.74) is 9.27. The van der Waals surface area contributed by atoms with Gasteiger partial charge in [0.05, 0.1) is 0 Å². The zero-order valence-corrected chi connectivity index (χ0v) is 18.5. The molecule has 0 atom stereocenters. The van der Waals surface area contributed by atoms with Crippen molar-refractivity contribution in [2.45, 2.75) is 32.7 Å². The Morgan fingerprint density at radius 2 is 1.27 bits per heavy atom. The Morgan fingerprint density at radius 3 is 1.50 bits per heavy atom. The number of benzene rings is 2. The molecule has 4 heteroatoms. The number of allylic oxidation sites excluding steroid dienone is 4. The van der Waals surface area contributed by atoms with Gasteiger partial charge in [-0.05, 0) is 0 Å². The van der Waals surface area contributed by atoms with Crippen LogP contribution in [0.25, 0.3) is 5.73 Å². The molecule has 0 unspecified atom stereocenters. The summed E-state index contributed by atoms with van der Waals surface area (Å²) in [5, 5.41) is 0. The van der Waals surface area contributed by atoms with Gasteiger partial charge in [-0.3, -0.25) is 6.08 Å². The van der Waals surface area contributed by atoms with Crippen LogP contribution < -0.4 is 24.8 Å². The van der Waals surface area contributed by atoms with Crippen molar-refractivity contribution in [3.63, 3.8) is 0 Å². The number of rotatable bonds is 2. The first-order valence-corrected chi connectivity index (χ1v) is 8.82. The summed E-state index contributed by atoms with van der Waals surface area (Å²) in [6.07, 6.45) is 10.0. The first-order chi connectivity index (χ1) is 11.4. The topological polar surface area (TPSA) is 23.8 Å². The van der Waals surface area contributed by atoms with Gasteiger partial charge in [0.1, 0.15) is 0 Å². The second-order valence-electron chi connectivity index (χ2n) is 6.36. The summed E-state index contributed by atoms with van der Waals surface area (Å²) in [4.78, 5) is 0. The summed E-state index contributed by atoms with van der Waals surface area (Å²) in [5.74, 6) is 0. The van der Waals surface area contributed by atoms with E-state index < -0.39 is 0 Å². The van der Waals surface area contributed by atoms with E-state index in [2.05, 4.69) is 80.7 Å². The Bertz CT molecular complexity index is 602. The molecule has 0 spiro atoms. The first-order valence-electron chi connectivity index (χ1n) is 8.04. The van der Waals surface area contributed by atoms with Gasteiger partial charge in [-0.1, -0.05) is 20.8 Å². The number of hydrogen-bond acceptors (Lipinski definition) is 0. The van der Waals surface area contributed by atoms with Crippen LogP contribution >= 0.6 is 0 Å². The second-order valence-corrected chi connectivity index (χ2v) is 7.14. The summed E-state index contributed by atoms with van der Waals surface area (Å²) in [7, 11) is 0. The third kappa shape index (κ3) is 14.2. The predicted octanol–water partition coefficient (Wildman–Crippen LogP) is -0.0470. The molecule has 0 amide bonds. The van der Waals surface area contributed by atoms with E-state index in [-0.39, 0.29) is 30.4 Å². The van der Waals surface area contributed by atoms with Crippen molar-refractivity contribution in [1.82, 2.24) is 0 Å². The van der Waals surface area contributed by atoms with Crippen LogP contribution in [-0.4, -0.2) is 9.35 Å². The predicted molar refractivity (Wildman–Crippen MR) is 102 cm³/mol. The van der Waals surface area contributed by atoms with Gasteiger partial charge in [0.25, 0.3) is 0 Å². The van der Waals surface area contributed by atoms with Crippen molar-refractivity contribution < 1.29 is 44.8 Å². The van der Waals surface area contributed by atoms with Crippen molar-refractivity contribution >= 4 is 3.81 Å². The van der Waals surface area contributed by atoms with Crippen molar-refractivity contribution in [2.75, 3.05) is 0 Å². The monoisotopic (exact) mass is 421 g/mol. The Kier molecular flexibility index (Phi) is 15.9. The maximum absolute atomic E-state index is 6.94. The molecule has 0 fully saturated rings. The van der Waals surface area contributed by atoms with E-state index in [4.69, 9.17) is 5.73 Å². The number of nitrogens with one attached hydrogen (secondary N) is 1. The fourth-order valence-electron chi connectivity index (χ4n) is 1.72. The molecule has 0 aliphatic heterocycles. The van der Waals surface area contributed by atoms with Crippen LogP contribution in [-0.2, 0) is 20.0 Å². The summed E-state index contributed by atoms with van der Waals surface area (Å²) >= 11 is 2.16. The molecule has 1 aliphatic rings. The van der Waals surface area contributed by atoms with E-state index in [1.807, 2.05) is 45.1 Å². The first kappa shape index (κ1) is 27.3. The molecule has 26 heavy (non-hydrogen) atoms. The van der Waals surface area contributed by atoms with Gasteiger partial charge in [0.15, 0.2) is 0 Å². The molecule has 1 aliphatic carbocycles. The second kappa shape index (κ2) is 15.1. The zero-order valence-electron chi connectivity index (χ0n) is 15.5. The molecular formula is C22H25Cl2NTi-2. The van der Waals surface area contributed by atoms with Crippen LogP contribution in [0.15, 0.2) is 78.9 Å². The minimum absolute atomic E-state index is 0. The molecule has 0 saturated heterocycles. The molecule has 1 N–H and O–H groups in total. The van der Waals surface area contributed by atoms with Crippen molar-refractivity contribution in [3.8, 4) is 0 Å². The number of halogens is 2. The molecule has 3 rings (SSSR count). The van der Waals surface area contributed by atoms with Gasteiger partial charge in [-0.25, -0.2) is 12.2 Å². The van der Waals surface area contributed by atoms with Crippen LogP contribution in [0.3, 0.4) is 0 Å². The van der Waals surface area contributed by atoms with Gasteiger partial charge in [0.2, 0.25) is 0 Å². The summed E-state index contributed by atoms with van der Waals surface area (Å²) < 4.78 is 1.33. The Balaban J connectivity index is 0. The normalized spacial score (nSPS) is 11.0. The van der Waals surface area contributed by atoms with Gasteiger partial charge >= 0.3 is 95.6 Å². The molecule has 138 valence electrons. The Hall–Kier alpha value is -0.956. The van der Waals surface area contributed by atoms with Gasteiger partial charge in [-0.15, -0.1) is 12.0 Å². The fourth-order valence-corrected chi connectivity index (χ4v) is 2.24. The van der Waals surface area contributed by atoms with Crippen LogP contribution in [0.5, 0.6) is 0 Å². The standard InChI is InChI=1S/C13H10.C5H5.C4H10N.2ClH.Ti/c1-3-7-12(8-4-1)11-13-9-5-2-6-10-13;1-2-4-5-3-1;1-4(2,3)5;;;/h1-10H;1-3H,4H2;5H,1-3H3;2*1H;/q;2*-1;;;+2/p-2. The van der Waals surface area contributed by atoms with Crippen LogP contribution in [0.4, 0.5) is 0 Å². The summed E-state index contributed by atoms with van der Waals surface area (Å²) in [6.45, 7) is 5.56. The summed E-state index contributed by atoms with van der Waals surface area (Å²) in [6, 6.07) is 20.9. The van der Waals surface area contributed by atoms with Gasteiger partial charge in [0, 0.05) is 0 Å². The van der Waals surface area contributed by atoms with Crippen LogP contribution in [0, 0.1) is 6.08 Å². The molecule has 0 bridgehead atoms. The van der Waals surface area contributed by atoms with E-state index in [0.717, 1.165) is 6.42 Å². The van der Waals surface area contributed by atoms with E-state index in [9.17, 15) is 0 Å². The average Bonchev–Trinajstić information content (AvgIpc) is 3.14. The van der Waals surface area contributed by atoms with Crippen molar-refractivity contribution in [3.05, 3.63) is 102 Å². The molecular weight excluding hydrogens is 397 g/mol. The Morgan fingerprint density at radius 1 is 0.885 bits per heavy atom. The third-order valence-electron chi connectivity index (χ3n) is 2.71. The van der Waals surface area contributed by atoms with Crippen LogP contribution in [0.1, 0.15) is 38.3 Å². The van der Waals surface area contributed by atoms with E-state index in [0.29, 0.717) is 0 Å². The van der Waals surface area contributed by atoms with Crippen molar-refractivity contribution in [2.24, 2.45) is 0 Å². The minimum atomic E-state index is -0.250. The van der Waals surface area contributed by atoms with E-state index in [1.165, 1.54) is 14.9 Å². The zero-order chi connectivity index (χ0) is 17.8. The molecule has 0 radical (unpaired) electrons. The van der Waals surface area contributed by atoms with E-state index >= 15 is 0 Å². The molecule has 0 heterocycles. The molecule has 0 saturated carbocycles. The molecule has 0 aromatic heterocycles.